The van der Waals surface area contributed by atoms with Crippen molar-refractivity contribution >= 4 is 21.9 Å². The summed E-state index contributed by atoms with van der Waals surface area (Å²) in [6.07, 6.45) is 1.32. The smallest absolute Gasteiger partial charge is 0.341 e. The molecule has 2 rings (SSSR count). The third kappa shape index (κ3) is 3.75. The van der Waals surface area contributed by atoms with Crippen molar-refractivity contribution in [1.82, 2.24) is 9.97 Å². The highest BCUT2D eigenvalue weighted by atomic mass is 79.9. The molecule has 0 unspecified atom stereocenters. The molecule has 0 fully saturated rings. The summed E-state index contributed by atoms with van der Waals surface area (Å²) >= 11 is 3.05. The van der Waals surface area contributed by atoms with Gasteiger partial charge in [0.05, 0.1) is 22.3 Å². The number of ether oxygens (including phenoxy) is 2. The number of benzene rings is 1. The lowest BCUT2D eigenvalue weighted by atomic mass is 10.2. The Labute approximate surface area is 129 Å². The van der Waals surface area contributed by atoms with Gasteiger partial charge >= 0.3 is 12.0 Å². The van der Waals surface area contributed by atoms with E-state index in [1.54, 1.807) is 19.9 Å². The number of halogens is 2. The fraction of sp³-hybridized carbons (Fsp3) is 0.214. The Morgan fingerprint density at radius 3 is 2.81 bits per heavy atom. The normalized spacial score (nSPS) is 10.3. The van der Waals surface area contributed by atoms with Gasteiger partial charge in [-0.25, -0.2) is 14.2 Å². The van der Waals surface area contributed by atoms with Gasteiger partial charge in [-0.15, -0.1) is 0 Å². The van der Waals surface area contributed by atoms with Gasteiger partial charge in [-0.05, 0) is 41.9 Å². The summed E-state index contributed by atoms with van der Waals surface area (Å²) in [6, 6.07) is 4.33. The van der Waals surface area contributed by atoms with Crippen LogP contribution in [0.4, 0.5) is 4.39 Å². The second-order valence-corrected chi connectivity index (χ2v) is 4.90. The molecule has 21 heavy (non-hydrogen) atoms. The molecular formula is C14H12BrFN2O3. The largest absolute Gasteiger partial charge is 0.462 e. The molecule has 0 saturated carbocycles. The number of hydrogen-bond donors (Lipinski definition) is 0. The van der Waals surface area contributed by atoms with Crippen LogP contribution in [0.2, 0.25) is 0 Å². The predicted octanol–water partition coefficient (Wildman–Crippen LogP) is 3.66. The molecule has 0 saturated heterocycles. The van der Waals surface area contributed by atoms with Crippen LogP contribution in [-0.2, 0) is 4.74 Å². The minimum atomic E-state index is -0.490. The summed E-state index contributed by atoms with van der Waals surface area (Å²) in [4.78, 5) is 19.6. The van der Waals surface area contributed by atoms with Gasteiger partial charge in [-0.3, -0.25) is 0 Å². The Kier molecular flexibility index (Phi) is 4.85. The van der Waals surface area contributed by atoms with Crippen LogP contribution in [0.3, 0.4) is 0 Å². The second kappa shape index (κ2) is 6.62. The maximum absolute atomic E-state index is 13.4. The maximum atomic E-state index is 13.4. The van der Waals surface area contributed by atoms with Crippen molar-refractivity contribution in [3.63, 3.8) is 0 Å². The predicted molar refractivity (Wildman–Crippen MR) is 76.9 cm³/mol. The third-order valence-corrected chi connectivity index (χ3v) is 3.20. The Morgan fingerprint density at radius 1 is 1.43 bits per heavy atom. The number of aryl methyl sites for hydroxylation is 1. The van der Waals surface area contributed by atoms with Crippen LogP contribution in [0.1, 0.15) is 23.0 Å². The van der Waals surface area contributed by atoms with Crippen LogP contribution in [0.15, 0.2) is 28.9 Å². The third-order valence-electron chi connectivity index (χ3n) is 2.55. The molecule has 0 radical (unpaired) electrons. The highest BCUT2D eigenvalue weighted by molar-refractivity contribution is 9.10. The first-order valence-electron chi connectivity index (χ1n) is 6.15. The number of nitrogens with zero attached hydrogens (tertiary/aromatic N) is 2. The lowest BCUT2D eigenvalue weighted by molar-refractivity contribution is 0.0524. The van der Waals surface area contributed by atoms with Gasteiger partial charge in [0, 0.05) is 12.3 Å². The molecular weight excluding hydrogens is 343 g/mol. The van der Waals surface area contributed by atoms with Crippen LogP contribution in [0.5, 0.6) is 11.8 Å². The minimum Gasteiger partial charge on any atom is -0.462 e. The molecule has 0 aliphatic carbocycles. The molecule has 0 aliphatic rings. The molecule has 0 N–H and O–H groups in total. The molecule has 0 aliphatic heterocycles. The average Bonchev–Trinajstić information content (AvgIpc) is 2.43. The molecule has 1 heterocycles. The fourth-order valence-corrected chi connectivity index (χ4v) is 1.80. The van der Waals surface area contributed by atoms with Gasteiger partial charge in [-0.2, -0.15) is 4.98 Å². The van der Waals surface area contributed by atoms with Crippen molar-refractivity contribution in [3.05, 3.63) is 45.9 Å². The fourth-order valence-electron chi connectivity index (χ4n) is 1.55. The molecule has 0 amide bonds. The summed E-state index contributed by atoms with van der Waals surface area (Å²) in [6.45, 7) is 3.63. The first-order chi connectivity index (χ1) is 10.0. The van der Waals surface area contributed by atoms with Gasteiger partial charge in [0.2, 0.25) is 0 Å². The number of rotatable bonds is 4. The van der Waals surface area contributed by atoms with Gasteiger partial charge in [0.15, 0.2) is 0 Å². The van der Waals surface area contributed by atoms with Crippen molar-refractivity contribution in [2.75, 3.05) is 6.61 Å². The van der Waals surface area contributed by atoms with E-state index in [9.17, 15) is 9.18 Å². The summed E-state index contributed by atoms with van der Waals surface area (Å²) in [5.74, 6) is -0.678. The minimum absolute atomic E-state index is 0.0299. The molecule has 0 atom stereocenters. The first-order valence-corrected chi connectivity index (χ1v) is 6.94. The van der Waals surface area contributed by atoms with Gasteiger partial charge in [-0.1, -0.05) is 0 Å². The summed E-state index contributed by atoms with van der Waals surface area (Å²) in [5, 5.41) is 0. The van der Waals surface area contributed by atoms with E-state index in [1.807, 2.05) is 0 Å². The molecule has 1 aromatic heterocycles. The molecule has 2 aromatic rings. The molecule has 110 valence electrons. The van der Waals surface area contributed by atoms with E-state index in [0.29, 0.717) is 10.2 Å². The van der Waals surface area contributed by atoms with Crippen molar-refractivity contribution < 1.29 is 18.7 Å². The van der Waals surface area contributed by atoms with Gasteiger partial charge < -0.3 is 9.47 Å². The topological polar surface area (TPSA) is 61.3 Å². The zero-order valence-corrected chi connectivity index (χ0v) is 13.0. The van der Waals surface area contributed by atoms with Crippen molar-refractivity contribution in [2.24, 2.45) is 0 Å². The van der Waals surface area contributed by atoms with Crippen LogP contribution in [-0.4, -0.2) is 22.5 Å². The second-order valence-electron chi connectivity index (χ2n) is 4.05. The maximum Gasteiger partial charge on any atom is 0.341 e. The van der Waals surface area contributed by atoms with E-state index in [0.717, 1.165) is 0 Å². The van der Waals surface area contributed by atoms with Crippen molar-refractivity contribution in [3.8, 4) is 11.8 Å². The van der Waals surface area contributed by atoms with Crippen LogP contribution >= 0.6 is 15.9 Å². The summed E-state index contributed by atoms with van der Waals surface area (Å²) in [5.41, 5.74) is 0.697. The Balaban J connectivity index is 2.20. The van der Waals surface area contributed by atoms with Crippen LogP contribution < -0.4 is 4.74 Å². The van der Waals surface area contributed by atoms with Crippen LogP contribution in [0, 0.1) is 12.7 Å². The number of esters is 1. The number of carbonyl (C=O) groups is 1. The SMILES string of the molecule is CCOC(=O)c1cnc(Oc2ccc(Br)c(F)c2)nc1C. The zero-order chi connectivity index (χ0) is 15.4. The van der Waals surface area contributed by atoms with E-state index in [1.165, 1.54) is 18.3 Å². The monoisotopic (exact) mass is 354 g/mol. The molecule has 7 heteroatoms. The van der Waals surface area contributed by atoms with E-state index >= 15 is 0 Å². The number of carbonyl (C=O) groups excluding carboxylic acids is 1. The van der Waals surface area contributed by atoms with E-state index in [4.69, 9.17) is 9.47 Å². The van der Waals surface area contributed by atoms with E-state index < -0.39 is 11.8 Å². The summed E-state index contributed by atoms with van der Waals surface area (Å²) in [7, 11) is 0. The Morgan fingerprint density at radius 2 is 2.19 bits per heavy atom. The molecule has 5 nitrogen and oxygen atoms in total. The van der Waals surface area contributed by atoms with E-state index in [2.05, 4.69) is 25.9 Å². The Hall–Kier alpha value is -2.02. The average molecular weight is 355 g/mol. The molecule has 0 bridgehead atoms. The van der Waals surface area contributed by atoms with E-state index in [-0.39, 0.29) is 23.9 Å². The van der Waals surface area contributed by atoms with Crippen molar-refractivity contribution in [2.45, 2.75) is 13.8 Å². The lowest BCUT2D eigenvalue weighted by Gasteiger charge is -2.07. The standard InChI is InChI=1S/C14H12BrFN2O3/c1-3-20-13(19)10-7-17-14(18-8(10)2)21-9-4-5-11(15)12(16)6-9/h4-7H,3H2,1-2H3. The first kappa shape index (κ1) is 15.4. The van der Waals surface area contributed by atoms with Crippen molar-refractivity contribution in [1.29, 1.82) is 0 Å². The lowest BCUT2D eigenvalue weighted by Crippen LogP contribution is -2.09. The zero-order valence-electron chi connectivity index (χ0n) is 11.4. The molecule has 1 aromatic carbocycles. The number of aromatic nitrogens is 2. The van der Waals surface area contributed by atoms with Gasteiger partial charge in [0.1, 0.15) is 11.6 Å². The number of hydrogen-bond acceptors (Lipinski definition) is 5. The Bertz CT molecular complexity index is 679. The summed E-state index contributed by atoms with van der Waals surface area (Å²) < 4.78 is 24.0. The highest BCUT2D eigenvalue weighted by Crippen LogP contribution is 2.24. The highest BCUT2D eigenvalue weighted by Gasteiger charge is 2.13. The molecule has 0 spiro atoms. The van der Waals surface area contributed by atoms with Gasteiger partial charge in [0.25, 0.3) is 0 Å². The quantitative estimate of drug-likeness (QED) is 0.784. The van der Waals surface area contributed by atoms with Crippen LogP contribution in [0.25, 0.3) is 0 Å².